The number of carbonyl (C=O) groups excluding carboxylic acids is 3. The Bertz CT molecular complexity index is 508. The molecule has 112 valence electrons. The van der Waals surface area contributed by atoms with Crippen LogP contribution in [0.15, 0.2) is 12.2 Å². The second kappa shape index (κ2) is 4.66. The number of hydrogen-bond acceptors (Lipinski definition) is 4. The van der Waals surface area contributed by atoms with E-state index in [1.807, 2.05) is 0 Å². The summed E-state index contributed by atoms with van der Waals surface area (Å²) in [7, 11) is 0. The van der Waals surface area contributed by atoms with Gasteiger partial charge in [0.15, 0.2) is 0 Å². The monoisotopic (exact) mass is 289 g/mol. The smallest absolute Gasteiger partial charge is 0.242 e. The predicted molar refractivity (Wildman–Crippen MR) is 73.9 cm³/mol. The molecule has 4 rings (SSSR count). The maximum Gasteiger partial charge on any atom is 0.242 e. The second-order valence-electron chi connectivity index (χ2n) is 6.39. The molecule has 0 spiro atoms. The summed E-state index contributed by atoms with van der Waals surface area (Å²) in [6, 6.07) is 0. The Hall–Kier alpha value is -1.69. The lowest BCUT2D eigenvalue weighted by atomic mass is 9.85. The highest BCUT2D eigenvalue weighted by Gasteiger charge is 2.59. The van der Waals surface area contributed by atoms with Gasteiger partial charge in [-0.3, -0.25) is 19.3 Å². The third-order valence-electron chi connectivity index (χ3n) is 5.32. The minimum absolute atomic E-state index is 0.0793. The molecular formula is C15H19N3O3. The van der Waals surface area contributed by atoms with Crippen LogP contribution in [0.1, 0.15) is 6.42 Å². The van der Waals surface area contributed by atoms with Crippen LogP contribution in [0.3, 0.4) is 0 Å². The summed E-state index contributed by atoms with van der Waals surface area (Å²) in [5.74, 6) is -0.382. The van der Waals surface area contributed by atoms with Crippen molar-refractivity contribution in [2.24, 2.45) is 23.7 Å². The van der Waals surface area contributed by atoms with Gasteiger partial charge in [-0.2, -0.15) is 0 Å². The van der Waals surface area contributed by atoms with Crippen LogP contribution in [0.2, 0.25) is 0 Å². The molecule has 4 aliphatic rings. The quantitative estimate of drug-likeness (QED) is 0.535. The third-order valence-corrected chi connectivity index (χ3v) is 5.32. The Labute approximate surface area is 123 Å². The highest BCUT2D eigenvalue weighted by atomic mass is 16.2. The van der Waals surface area contributed by atoms with Gasteiger partial charge < -0.3 is 10.2 Å². The van der Waals surface area contributed by atoms with Gasteiger partial charge in [-0.25, -0.2) is 0 Å². The van der Waals surface area contributed by atoms with Gasteiger partial charge in [-0.05, 0) is 18.3 Å². The second-order valence-corrected chi connectivity index (χ2v) is 6.39. The van der Waals surface area contributed by atoms with E-state index in [9.17, 15) is 14.4 Å². The zero-order valence-electron chi connectivity index (χ0n) is 11.8. The summed E-state index contributed by atoms with van der Waals surface area (Å²) in [6.07, 6.45) is 5.06. The van der Waals surface area contributed by atoms with Crippen LogP contribution in [0, 0.1) is 23.7 Å². The largest absolute Gasteiger partial charge is 0.339 e. The van der Waals surface area contributed by atoms with Gasteiger partial charge in [0.2, 0.25) is 17.7 Å². The fourth-order valence-corrected chi connectivity index (χ4v) is 4.27. The molecule has 0 aromatic rings. The molecule has 4 unspecified atom stereocenters. The lowest BCUT2D eigenvalue weighted by Crippen LogP contribution is -2.50. The molecule has 2 heterocycles. The zero-order valence-corrected chi connectivity index (χ0v) is 11.8. The number of hydrogen-bond donors (Lipinski definition) is 1. The Kier molecular flexibility index (Phi) is 2.89. The molecule has 1 saturated carbocycles. The fourth-order valence-electron chi connectivity index (χ4n) is 4.27. The molecule has 6 heteroatoms. The molecule has 0 aromatic heterocycles. The Balaban J connectivity index is 1.48. The highest BCUT2D eigenvalue weighted by Crippen LogP contribution is 2.52. The summed E-state index contributed by atoms with van der Waals surface area (Å²) in [5, 5.41) is 3.18. The summed E-state index contributed by atoms with van der Waals surface area (Å²) >= 11 is 0. The standard InChI is InChI=1S/C15H19N3O3/c19-11(17-5-3-16-4-6-17)8-18-14(20)12-9-1-2-10(7-9)13(12)15(18)21/h1-2,9-10,12-13,16H,3-8H2. The van der Waals surface area contributed by atoms with E-state index in [1.54, 1.807) is 4.90 Å². The molecule has 21 heavy (non-hydrogen) atoms. The van der Waals surface area contributed by atoms with E-state index in [1.165, 1.54) is 4.90 Å². The number of carbonyl (C=O) groups is 3. The molecule has 1 N–H and O–H groups in total. The molecule has 0 radical (unpaired) electrons. The van der Waals surface area contributed by atoms with Gasteiger partial charge in [0.25, 0.3) is 0 Å². The third kappa shape index (κ3) is 1.85. The minimum atomic E-state index is -0.205. The first-order chi connectivity index (χ1) is 10.2. The van der Waals surface area contributed by atoms with Crippen molar-refractivity contribution >= 4 is 17.7 Å². The van der Waals surface area contributed by atoms with Gasteiger partial charge in [0.05, 0.1) is 11.8 Å². The van der Waals surface area contributed by atoms with Crippen LogP contribution in [0.4, 0.5) is 0 Å². The number of allylic oxidation sites excluding steroid dienone is 2. The summed E-state index contributed by atoms with van der Waals surface area (Å²) in [5.41, 5.74) is 0. The Morgan fingerprint density at radius 2 is 1.67 bits per heavy atom. The number of nitrogens with zero attached hydrogens (tertiary/aromatic N) is 2. The van der Waals surface area contributed by atoms with Crippen molar-refractivity contribution in [3.05, 3.63) is 12.2 Å². The molecule has 6 nitrogen and oxygen atoms in total. The predicted octanol–water partition coefficient (Wildman–Crippen LogP) is -0.775. The molecule has 0 aromatic carbocycles. The van der Waals surface area contributed by atoms with E-state index in [4.69, 9.17) is 0 Å². The SMILES string of the molecule is O=C(CN1C(=O)C2C3C=CC(C3)C2C1=O)N1CCNCC1. The first-order valence-corrected chi connectivity index (χ1v) is 7.69. The van der Waals surface area contributed by atoms with Crippen molar-refractivity contribution in [1.29, 1.82) is 0 Å². The van der Waals surface area contributed by atoms with Crippen LogP contribution in [0.5, 0.6) is 0 Å². The van der Waals surface area contributed by atoms with Crippen molar-refractivity contribution in [3.8, 4) is 0 Å². The average molecular weight is 289 g/mol. The van der Waals surface area contributed by atoms with E-state index < -0.39 is 0 Å². The number of likely N-dealkylation sites (tertiary alicyclic amines) is 1. The first-order valence-electron chi connectivity index (χ1n) is 7.69. The molecule has 2 aliphatic heterocycles. The van der Waals surface area contributed by atoms with E-state index in [0.29, 0.717) is 13.1 Å². The summed E-state index contributed by atoms with van der Waals surface area (Å²) in [6.45, 7) is 2.76. The van der Waals surface area contributed by atoms with E-state index in [-0.39, 0.29) is 47.9 Å². The molecule has 2 saturated heterocycles. The van der Waals surface area contributed by atoms with Gasteiger partial charge in [0.1, 0.15) is 6.54 Å². The number of fused-ring (bicyclic) bond motifs is 5. The maximum atomic E-state index is 12.5. The van der Waals surface area contributed by atoms with Crippen LogP contribution in [0.25, 0.3) is 0 Å². The van der Waals surface area contributed by atoms with Crippen molar-refractivity contribution < 1.29 is 14.4 Å². The number of piperazine rings is 1. The minimum Gasteiger partial charge on any atom is -0.339 e. The Morgan fingerprint density at radius 1 is 1.10 bits per heavy atom. The van der Waals surface area contributed by atoms with Crippen LogP contribution >= 0.6 is 0 Å². The van der Waals surface area contributed by atoms with Crippen LogP contribution in [-0.4, -0.2) is 60.2 Å². The molecule has 3 amide bonds. The van der Waals surface area contributed by atoms with Crippen molar-refractivity contribution in [2.75, 3.05) is 32.7 Å². The average Bonchev–Trinajstić information content (AvgIpc) is 3.18. The summed E-state index contributed by atoms with van der Waals surface area (Å²) in [4.78, 5) is 40.2. The molecule has 3 fully saturated rings. The van der Waals surface area contributed by atoms with Crippen LogP contribution in [-0.2, 0) is 14.4 Å². The lowest BCUT2D eigenvalue weighted by Gasteiger charge is -2.29. The first kappa shape index (κ1) is 13.0. The number of nitrogens with one attached hydrogen (secondary N) is 1. The maximum absolute atomic E-state index is 12.5. The Morgan fingerprint density at radius 3 is 2.24 bits per heavy atom. The molecule has 4 atom stereocenters. The van der Waals surface area contributed by atoms with Gasteiger partial charge in [-0.1, -0.05) is 12.2 Å². The van der Waals surface area contributed by atoms with Gasteiger partial charge in [-0.15, -0.1) is 0 Å². The molecule has 2 aliphatic carbocycles. The topological polar surface area (TPSA) is 69.7 Å². The van der Waals surface area contributed by atoms with Crippen molar-refractivity contribution in [3.63, 3.8) is 0 Å². The highest BCUT2D eigenvalue weighted by molar-refractivity contribution is 6.08. The number of rotatable bonds is 2. The lowest BCUT2D eigenvalue weighted by molar-refractivity contribution is -0.147. The van der Waals surface area contributed by atoms with Crippen LogP contribution < -0.4 is 5.32 Å². The van der Waals surface area contributed by atoms with E-state index in [0.717, 1.165) is 19.5 Å². The summed E-state index contributed by atoms with van der Waals surface area (Å²) < 4.78 is 0. The van der Waals surface area contributed by atoms with Gasteiger partial charge >= 0.3 is 0 Å². The normalized spacial score (nSPS) is 37.5. The molecule has 2 bridgehead atoms. The van der Waals surface area contributed by atoms with Gasteiger partial charge in [0, 0.05) is 26.2 Å². The molecular weight excluding hydrogens is 270 g/mol. The number of amides is 3. The van der Waals surface area contributed by atoms with E-state index in [2.05, 4.69) is 17.5 Å². The fraction of sp³-hybridized carbons (Fsp3) is 0.667. The van der Waals surface area contributed by atoms with Crippen molar-refractivity contribution in [1.82, 2.24) is 15.1 Å². The zero-order chi connectivity index (χ0) is 14.6. The van der Waals surface area contributed by atoms with Crippen molar-refractivity contribution in [2.45, 2.75) is 6.42 Å². The van der Waals surface area contributed by atoms with E-state index >= 15 is 0 Å². The number of imide groups is 1.